The Morgan fingerprint density at radius 1 is 0.969 bits per heavy atom. The Morgan fingerprint density at radius 2 is 1.59 bits per heavy atom. The SMILES string of the molecule is COc1ccc(-c2nc(NC(=O)CC(c3ccccc3)c3ccccc3)sc2C)cc1C. The Labute approximate surface area is 192 Å². The summed E-state index contributed by atoms with van der Waals surface area (Å²) in [6.45, 7) is 4.04. The van der Waals surface area contributed by atoms with Crippen molar-refractivity contribution in [1.29, 1.82) is 0 Å². The van der Waals surface area contributed by atoms with Crippen molar-refractivity contribution in [1.82, 2.24) is 4.98 Å². The van der Waals surface area contributed by atoms with Crippen LogP contribution in [-0.2, 0) is 4.79 Å². The summed E-state index contributed by atoms with van der Waals surface area (Å²) < 4.78 is 5.36. The third kappa shape index (κ3) is 4.89. The van der Waals surface area contributed by atoms with Gasteiger partial charge in [-0.25, -0.2) is 4.98 Å². The lowest BCUT2D eigenvalue weighted by Crippen LogP contribution is -2.16. The molecule has 4 rings (SSSR count). The average Bonchev–Trinajstić information content (AvgIpc) is 3.18. The van der Waals surface area contributed by atoms with E-state index in [0.29, 0.717) is 11.6 Å². The predicted molar refractivity (Wildman–Crippen MR) is 132 cm³/mol. The van der Waals surface area contributed by atoms with Crippen molar-refractivity contribution in [2.75, 3.05) is 12.4 Å². The average molecular weight is 443 g/mol. The monoisotopic (exact) mass is 442 g/mol. The molecule has 4 aromatic rings. The van der Waals surface area contributed by atoms with Gasteiger partial charge in [0.1, 0.15) is 5.75 Å². The number of ether oxygens (including phenoxy) is 1. The first kappa shape index (κ1) is 21.8. The van der Waals surface area contributed by atoms with Crippen LogP contribution in [0.5, 0.6) is 5.75 Å². The smallest absolute Gasteiger partial charge is 0.227 e. The van der Waals surface area contributed by atoms with Crippen molar-refractivity contribution < 1.29 is 9.53 Å². The number of nitrogens with zero attached hydrogens (tertiary/aromatic N) is 1. The number of carbonyl (C=O) groups excluding carboxylic acids is 1. The summed E-state index contributed by atoms with van der Waals surface area (Å²) in [7, 11) is 1.67. The molecule has 1 aromatic heterocycles. The Hall–Kier alpha value is -3.44. The van der Waals surface area contributed by atoms with Crippen molar-refractivity contribution in [3.05, 3.63) is 100 Å². The number of aromatic nitrogens is 1. The normalized spacial score (nSPS) is 10.9. The molecule has 0 radical (unpaired) electrons. The lowest BCUT2D eigenvalue weighted by Gasteiger charge is -2.17. The molecule has 162 valence electrons. The van der Waals surface area contributed by atoms with E-state index in [1.807, 2.05) is 62.4 Å². The van der Waals surface area contributed by atoms with E-state index < -0.39 is 0 Å². The van der Waals surface area contributed by atoms with E-state index >= 15 is 0 Å². The highest BCUT2D eigenvalue weighted by Crippen LogP contribution is 2.34. The summed E-state index contributed by atoms with van der Waals surface area (Å²) in [5.41, 5.74) is 5.21. The third-order valence-electron chi connectivity index (χ3n) is 5.50. The number of amides is 1. The summed E-state index contributed by atoms with van der Waals surface area (Å²) in [6, 6.07) is 26.3. The van der Waals surface area contributed by atoms with Gasteiger partial charge in [-0.2, -0.15) is 0 Å². The molecular weight excluding hydrogens is 416 g/mol. The topological polar surface area (TPSA) is 51.2 Å². The number of methoxy groups -OCH3 is 1. The second-order valence-electron chi connectivity index (χ2n) is 7.73. The van der Waals surface area contributed by atoms with Crippen LogP contribution in [0.25, 0.3) is 11.3 Å². The molecule has 32 heavy (non-hydrogen) atoms. The Balaban J connectivity index is 1.53. The maximum atomic E-state index is 13.0. The second kappa shape index (κ2) is 9.79. The number of benzene rings is 3. The fourth-order valence-electron chi connectivity index (χ4n) is 3.90. The second-order valence-corrected chi connectivity index (χ2v) is 8.94. The summed E-state index contributed by atoms with van der Waals surface area (Å²) in [5, 5.41) is 3.65. The number of aryl methyl sites for hydroxylation is 2. The van der Waals surface area contributed by atoms with Crippen LogP contribution in [-0.4, -0.2) is 18.0 Å². The van der Waals surface area contributed by atoms with Gasteiger partial charge in [-0.1, -0.05) is 60.7 Å². The summed E-state index contributed by atoms with van der Waals surface area (Å²) in [4.78, 5) is 18.8. The Kier molecular flexibility index (Phi) is 6.66. The molecule has 0 saturated carbocycles. The largest absolute Gasteiger partial charge is 0.496 e. The fourth-order valence-corrected chi connectivity index (χ4v) is 4.75. The molecule has 0 aliphatic carbocycles. The molecule has 0 saturated heterocycles. The van der Waals surface area contributed by atoms with E-state index in [0.717, 1.165) is 38.6 Å². The minimum absolute atomic E-state index is 0.0119. The summed E-state index contributed by atoms with van der Waals surface area (Å²) in [5.74, 6) is 0.791. The molecule has 0 spiro atoms. The first-order valence-electron chi connectivity index (χ1n) is 10.6. The number of hydrogen-bond donors (Lipinski definition) is 1. The van der Waals surface area contributed by atoms with Crippen LogP contribution in [0.4, 0.5) is 5.13 Å². The molecule has 1 N–H and O–H groups in total. The minimum Gasteiger partial charge on any atom is -0.496 e. The lowest BCUT2D eigenvalue weighted by atomic mass is 9.88. The summed E-state index contributed by atoms with van der Waals surface area (Å²) >= 11 is 1.50. The van der Waals surface area contributed by atoms with Crippen LogP contribution in [0.2, 0.25) is 0 Å². The van der Waals surface area contributed by atoms with Crippen molar-refractivity contribution in [2.24, 2.45) is 0 Å². The Bertz CT molecular complexity index is 1160. The molecule has 0 unspecified atom stereocenters. The lowest BCUT2D eigenvalue weighted by molar-refractivity contribution is -0.116. The van der Waals surface area contributed by atoms with Crippen molar-refractivity contribution in [3.8, 4) is 17.0 Å². The van der Waals surface area contributed by atoms with Gasteiger partial charge in [0.2, 0.25) is 5.91 Å². The third-order valence-corrected chi connectivity index (χ3v) is 6.39. The van der Waals surface area contributed by atoms with Crippen molar-refractivity contribution in [3.63, 3.8) is 0 Å². The van der Waals surface area contributed by atoms with Crippen LogP contribution < -0.4 is 10.1 Å². The fraction of sp³-hybridized carbons (Fsp3) is 0.185. The molecule has 0 aliphatic rings. The molecule has 0 fully saturated rings. The molecule has 4 nitrogen and oxygen atoms in total. The van der Waals surface area contributed by atoms with E-state index in [4.69, 9.17) is 9.72 Å². The van der Waals surface area contributed by atoms with Gasteiger partial charge in [0.05, 0.1) is 12.8 Å². The number of hydrogen-bond acceptors (Lipinski definition) is 4. The highest BCUT2D eigenvalue weighted by molar-refractivity contribution is 7.16. The van der Waals surface area contributed by atoms with Crippen LogP contribution in [0.1, 0.15) is 33.9 Å². The number of carbonyl (C=O) groups is 1. The van der Waals surface area contributed by atoms with Crippen LogP contribution in [0, 0.1) is 13.8 Å². The molecule has 3 aromatic carbocycles. The maximum Gasteiger partial charge on any atom is 0.227 e. The maximum absolute atomic E-state index is 13.0. The zero-order chi connectivity index (χ0) is 22.5. The van der Waals surface area contributed by atoms with Crippen molar-refractivity contribution >= 4 is 22.4 Å². The highest BCUT2D eigenvalue weighted by atomic mass is 32.1. The number of anilines is 1. The van der Waals surface area contributed by atoms with Gasteiger partial charge in [0, 0.05) is 22.8 Å². The zero-order valence-electron chi connectivity index (χ0n) is 18.5. The summed E-state index contributed by atoms with van der Waals surface area (Å²) in [6.07, 6.45) is 0.351. The van der Waals surface area contributed by atoms with Gasteiger partial charge in [0.15, 0.2) is 5.13 Å². The molecule has 0 bridgehead atoms. The number of thiazole rings is 1. The van der Waals surface area contributed by atoms with Gasteiger partial charge in [-0.15, -0.1) is 11.3 Å². The minimum atomic E-state index is -0.0473. The van der Waals surface area contributed by atoms with Gasteiger partial charge >= 0.3 is 0 Å². The molecule has 5 heteroatoms. The van der Waals surface area contributed by atoms with E-state index in [2.05, 4.69) is 35.6 Å². The van der Waals surface area contributed by atoms with Gasteiger partial charge in [-0.3, -0.25) is 4.79 Å². The zero-order valence-corrected chi connectivity index (χ0v) is 19.3. The number of rotatable bonds is 7. The first-order valence-corrected chi connectivity index (χ1v) is 11.4. The quantitative estimate of drug-likeness (QED) is 0.351. The van der Waals surface area contributed by atoms with E-state index in [9.17, 15) is 4.79 Å². The Morgan fingerprint density at radius 3 is 2.16 bits per heavy atom. The highest BCUT2D eigenvalue weighted by Gasteiger charge is 2.20. The van der Waals surface area contributed by atoms with Crippen LogP contribution in [0.3, 0.4) is 0 Å². The molecule has 0 aliphatic heterocycles. The van der Waals surface area contributed by atoms with E-state index in [-0.39, 0.29) is 11.8 Å². The van der Waals surface area contributed by atoms with Gasteiger partial charge < -0.3 is 10.1 Å². The van der Waals surface area contributed by atoms with Crippen LogP contribution >= 0.6 is 11.3 Å². The van der Waals surface area contributed by atoms with E-state index in [1.165, 1.54) is 11.3 Å². The predicted octanol–water partition coefficient (Wildman–Crippen LogP) is 6.60. The van der Waals surface area contributed by atoms with Gasteiger partial charge in [-0.05, 0) is 48.7 Å². The molecule has 1 heterocycles. The molecule has 0 atom stereocenters. The van der Waals surface area contributed by atoms with Gasteiger partial charge in [0.25, 0.3) is 0 Å². The standard InChI is InChI=1S/C27H26N2O2S/c1-18-16-22(14-15-24(18)31-3)26-19(2)32-27(29-26)28-25(30)17-23(20-10-6-4-7-11-20)21-12-8-5-9-13-21/h4-16,23H,17H2,1-3H3,(H,28,29,30). The van der Waals surface area contributed by atoms with E-state index in [1.54, 1.807) is 7.11 Å². The molecule has 1 amide bonds. The first-order chi connectivity index (χ1) is 15.5. The van der Waals surface area contributed by atoms with Crippen molar-refractivity contribution in [2.45, 2.75) is 26.2 Å². The van der Waals surface area contributed by atoms with Crippen LogP contribution in [0.15, 0.2) is 78.9 Å². The molecular formula is C27H26N2O2S. The number of nitrogens with one attached hydrogen (secondary N) is 1.